The van der Waals surface area contributed by atoms with Gasteiger partial charge in [0.15, 0.2) is 18.1 Å². The lowest BCUT2D eigenvalue weighted by atomic mass is 10.1. The van der Waals surface area contributed by atoms with Crippen LogP contribution in [0.5, 0.6) is 11.5 Å². The van der Waals surface area contributed by atoms with E-state index < -0.39 is 36.2 Å². The van der Waals surface area contributed by atoms with Gasteiger partial charge in [0.1, 0.15) is 6.54 Å². The molecule has 27 heavy (non-hydrogen) atoms. The van der Waals surface area contributed by atoms with Gasteiger partial charge >= 0.3 is 11.9 Å². The number of carboxylic acid groups (broad SMARTS) is 1. The van der Waals surface area contributed by atoms with Crippen molar-refractivity contribution < 1.29 is 38.5 Å². The third-order valence-corrected chi connectivity index (χ3v) is 4.23. The van der Waals surface area contributed by atoms with Crippen LogP contribution in [0.25, 0.3) is 6.08 Å². The average molecular weight is 395 g/mol. The van der Waals surface area contributed by atoms with Crippen LogP contribution in [0, 0.1) is 0 Å². The first-order valence-electron chi connectivity index (χ1n) is 7.80. The Morgan fingerprint density at radius 1 is 1.30 bits per heavy atom. The predicted octanol–water partition coefficient (Wildman–Crippen LogP) is 1.76. The van der Waals surface area contributed by atoms with Crippen LogP contribution in [0.2, 0.25) is 0 Å². The van der Waals surface area contributed by atoms with Crippen LogP contribution in [-0.4, -0.2) is 60.0 Å². The van der Waals surface area contributed by atoms with Gasteiger partial charge < -0.3 is 19.3 Å². The Bertz CT molecular complexity index is 804. The maximum atomic E-state index is 12.4. The van der Waals surface area contributed by atoms with E-state index in [1.54, 1.807) is 25.1 Å². The fourth-order valence-electron chi connectivity index (χ4n) is 2.21. The molecule has 0 radical (unpaired) electrons. The maximum Gasteiger partial charge on any atom is 0.341 e. The Morgan fingerprint density at radius 2 is 2.04 bits per heavy atom. The standard InChI is InChI=1S/C17H17NO8S/c1-3-25-14(21)8-18-16(22)12(27-17(18)23)7-10-5-4-6-11(24-2)15(10)26-9-13(19)20/h4-7H,3,8-9H2,1-2H3,(H,19,20)/b12-7-. The molecule has 0 bridgehead atoms. The molecule has 1 aromatic rings. The summed E-state index contributed by atoms with van der Waals surface area (Å²) in [6, 6.07) is 4.78. The highest BCUT2D eigenvalue weighted by atomic mass is 32.2. The van der Waals surface area contributed by atoms with Gasteiger partial charge in [0, 0.05) is 5.56 Å². The minimum atomic E-state index is -1.18. The lowest BCUT2D eigenvalue weighted by molar-refractivity contribution is -0.146. The van der Waals surface area contributed by atoms with Crippen LogP contribution < -0.4 is 9.47 Å². The number of methoxy groups -OCH3 is 1. The second kappa shape index (κ2) is 9.08. The van der Waals surface area contributed by atoms with E-state index in [4.69, 9.17) is 19.3 Å². The van der Waals surface area contributed by atoms with E-state index >= 15 is 0 Å². The third kappa shape index (κ3) is 5.00. The molecule has 1 aliphatic rings. The molecule has 1 saturated heterocycles. The number of nitrogens with zero attached hydrogens (tertiary/aromatic N) is 1. The zero-order valence-electron chi connectivity index (χ0n) is 14.6. The van der Waals surface area contributed by atoms with Gasteiger partial charge in [-0.15, -0.1) is 0 Å². The first-order valence-corrected chi connectivity index (χ1v) is 8.61. The van der Waals surface area contributed by atoms with E-state index in [2.05, 4.69) is 0 Å². The molecule has 2 amide bonds. The average Bonchev–Trinajstić information content (AvgIpc) is 2.88. The second-order valence-electron chi connectivity index (χ2n) is 5.13. The topological polar surface area (TPSA) is 119 Å². The van der Waals surface area contributed by atoms with Crippen molar-refractivity contribution in [1.29, 1.82) is 0 Å². The summed E-state index contributed by atoms with van der Waals surface area (Å²) in [5, 5.41) is 8.22. The number of thioether (sulfide) groups is 1. The number of esters is 1. The van der Waals surface area contributed by atoms with Gasteiger partial charge in [-0.1, -0.05) is 12.1 Å². The minimum Gasteiger partial charge on any atom is -0.493 e. The smallest absolute Gasteiger partial charge is 0.341 e. The Hall–Kier alpha value is -3.01. The van der Waals surface area contributed by atoms with E-state index in [9.17, 15) is 19.2 Å². The van der Waals surface area contributed by atoms with Gasteiger partial charge in [0.2, 0.25) is 0 Å². The van der Waals surface area contributed by atoms with Crippen molar-refractivity contribution in [1.82, 2.24) is 4.90 Å². The fraction of sp³-hybridized carbons (Fsp3) is 0.294. The summed E-state index contributed by atoms with van der Waals surface area (Å²) in [7, 11) is 1.39. The lowest BCUT2D eigenvalue weighted by Gasteiger charge is -2.12. The molecule has 0 aliphatic carbocycles. The summed E-state index contributed by atoms with van der Waals surface area (Å²) in [5.41, 5.74) is 0.359. The van der Waals surface area contributed by atoms with Crippen molar-refractivity contribution in [3.8, 4) is 11.5 Å². The number of carbonyl (C=O) groups excluding carboxylic acids is 3. The number of aliphatic carboxylic acids is 1. The van der Waals surface area contributed by atoms with Crippen LogP contribution in [0.4, 0.5) is 4.79 Å². The molecule has 1 N–H and O–H groups in total. The molecular weight excluding hydrogens is 378 g/mol. The second-order valence-corrected chi connectivity index (χ2v) is 6.13. The number of rotatable bonds is 8. The highest BCUT2D eigenvalue weighted by Crippen LogP contribution is 2.37. The van der Waals surface area contributed by atoms with E-state index in [1.165, 1.54) is 13.2 Å². The molecule has 1 aliphatic heterocycles. The van der Waals surface area contributed by atoms with Gasteiger partial charge in [0.05, 0.1) is 18.6 Å². The number of carboxylic acids is 1. The molecule has 9 nitrogen and oxygen atoms in total. The lowest BCUT2D eigenvalue weighted by Crippen LogP contribution is -2.34. The SMILES string of the molecule is CCOC(=O)CN1C(=O)S/C(=C\c2cccc(OC)c2OCC(=O)O)C1=O. The maximum absolute atomic E-state index is 12.4. The monoisotopic (exact) mass is 395 g/mol. The zero-order chi connectivity index (χ0) is 20.0. The Kier molecular flexibility index (Phi) is 6.83. The Morgan fingerprint density at radius 3 is 2.67 bits per heavy atom. The molecule has 0 saturated carbocycles. The third-order valence-electron chi connectivity index (χ3n) is 3.32. The first-order chi connectivity index (χ1) is 12.9. The van der Waals surface area contributed by atoms with E-state index in [0.717, 1.165) is 4.90 Å². The van der Waals surface area contributed by atoms with E-state index in [-0.39, 0.29) is 23.0 Å². The molecule has 0 aromatic heterocycles. The zero-order valence-corrected chi connectivity index (χ0v) is 15.4. The molecule has 10 heteroatoms. The van der Waals surface area contributed by atoms with Gasteiger partial charge in [0.25, 0.3) is 11.1 Å². The molecule has 0 atom stereocenters. The van der Waals surface area contributed by atoms with Crippen molar-refractivity contribution in [3.05, 3.63) is 28.7 Å². The van der Waals surface area contributed by atoms with Crippen molar-refractivity contribution >= 4 is 40.9 Å². The van der Waals surface area contributed by atoms with Gasteiger partial charge in [-0.25, -0.2) is 4.79 Å². The van der Waals surface area contributed by atoms with E-state index in [1.807, 2.05) is 0 Å². The van der Waals surface area contributed by atoms with Crippen LogP contribution >= 0.6 is 11.8 Å². The van der Waals surface area contributed by atoms with Crippen molar-refractivity contribution in [3.63, 3.8) is 0 Å². The molecule has 1 heterocycles. The van der Waals surface area contributed by atoms with Crippen molar-refractivity contribution in [2.24, 2.45) is 0 Å². The van der Waals surface area contributed by atoms with Crippen LogP contribution in [0.3, 0.4) is 0 Å². The number of imide groups is 1. The number of ether oxygens (including phenoxy) is 3. The highest BCUT2D eigenvalue weighted by molar-refractivity contribution is 8.18. The van der Waals surface area contributed by atoms with E-state index in [0.29, 0.717) is 17.3 Å². The summed E-state index contributed by atoms with van der Waals surface area (Å²) in [6.45, 7) is 0.675. The summed E-state index contributed by atoms with van der Waals surface area (Å²) < 4.78 is 15.2. The number of benzene rings is 1. The molecular formula is C17H17NO8S. The number of para-hydroxylation sites is 1. The van der Waals surface area contributed by atoms with Crippen molar-refractivity contribution in [2.45, 2.75) is 6.92 Å². The molecule has 1 fully saturated rings. The van der Waals surface area contributed by atoms with Crippen LogP contribution in [0.1, 0.15) is 12.5 Å². The Balaban J connectivity index is 2.30. The first kappa shape index (κ1) is 20.3. The molecule has 1 aromatic carbocycles. The van der Waals surface area contributed by atoms with Crippen LogP contribution in [-0.2, 0) is 19.1 Å². The van der Waals surface area contributed by atoms with Gasteiger partial charge in [-0.05, 0) is 30.8 Å². The minimum absolute atomic E-state index is 0.0673. The largest absolute Gasteiger partial charge is 0.493 e. The Labute approximate surface area is 158 Å². The van der Waals surface area contributed by atoms with Crippen molar-refractivity contribution in [2.75, 3.05) is 26.9 Å². The molecule has 144 valence electrons. The normalized spacial score (nSPS) is 15.2. The fourth-order valence-corrected chi connectivity index (χ4v) is 3.04. The number of hydrogen-bond acceptors (Lipinski definition) is 8. The summed E-state index contributed by atoms with van der Waals surface area (Å²) in [4.78, 5) is 47.7. The number of carbonyl (C=O) groups is 4. The van der Waals surface area contributed by atoms with Crippen LogP contribution in [0.15, 0.2) is 23.1 Å². The molecule has 0 spiro atoms. The number of hydrogen-bond donors (Lipinski definition) is 1. The summed E-state index contributed by atoms with van der Waals surface area (Å²) in [5.74, 6) is -2.12. The summed E-state index contributed by atoms with van der Waals surface area (Å²) in [6.07, 6.45) is 1.38. The molecule has 2 rings (SSSR count). The van der Waals surface area contributed by atoms with Gasteiger partial charge in [-0.3, -0.25) is 19.3 Å². The molecule has 0 unspecified atom stereocenters. The van der Waals surface area contributed by atoms with Gasteiger partial charge in [-0.2, -0.15) is 0 Å². The number of amides is 2. The highest BCUT2D eigenvalue weighted by Gasteiger charge is 2.36. The summed E-state index contributed by atoms with van der Waals surface area (Å²) >= 11 is 0.661. The predicted molar refractivity (Wildman–Crippen MR) is 95.4 cm³/mol. The quantitative estimate of drug-likeness (QED) is 0.518.